The summed E-state index contributed by atoms with van der Waals surface area (Å²) < 4.78 is 1.10. The van der Waals surface area contributed by atoms with Gasteiger partial charge in [0.25, 0.3) is 5.91 Å². The molecule has 1 amide bonds. The number of hydrogen-bond acceptors (Lipinski definition) is 3. The summed E-state index contributed by atoms with van der Waals surface area (Å²) in [6.45, 7) is 10.6. The highest BCUT2D eigenvalue weighted by molar-refractivity contribution is 7.22. The molecular weight excluding hydrogens is 316 g/mol. The fourth-order valence-corrected chi connectivity index (χ4v) is 3.40. The topological polar surface area (TPSA) is 42.0 Å². The summed E-state index contributed by atoms with van der Waals surface area (Å²) >= 11 is 1.51. The molecule has 0 fully saturated rings. The first-order chi connectivity index (χ1) is 11.2. The van der Waals surface area contributed by atoms with Crippen LogP contribution in [0.1, 0.15) is 47.8 Å². The summed E-state index contributed by atoms with van der Waals surface area (Å²) in [5.74, 6) is -0.117. The molecule has 0 atom stereocenters. The Bertz CT molecular complexity index is 919. The molecular formula is C20H22N2OS. The second-order valence-corrected chi connectivity index (χ2v) is 8.24. The van der Waals surface area contributed by atoms with Gasteiger partial charge in [0.1, 0.15) is 0 Å². The number of fused-ring (bicyclic) bond motifs is 1. The summed E-state index contributed by atoms with van der Waals surface area (Å²) in [6.07, 6.45) is 0. The van der Waals surface area contributed by atoms with Crippen LogP contribution in [0, 0.1) is 13.8 Å². The number of anilines is 1. The number of carbonyl (C=O) groups excluding carboxylic acids is 1. The van der Waals surface area contributed by atoms with Gasteiger partial charge in [0.2, 0.25) is 0 Å². The quantitative estimate of drug-likeness (QED) is 0.674. The summed E-state index contributed by atoms with van der Waals surface area (Å²) in [6, 6.07) is 12.0. The van der Waals surface area contributed by atoms with E-state index >= 15 is 0 Å². The van der Waals surface area contributed by atoms with Crippen molar-refractivity contribution in [3.05, 3.63) is 58.7 Å². The van der Waals surface area contributed by atoms with E-state index in [0.29, 0.717) is 10.7 Å². The zero-order chi connectivity index (χ0) is 17.5. The predicted molar refractivity (Wildman–Crippen MR) is 102 cm³/mol. The summed E-state index contributed by atoms with van der Waals surface area (Å²) in [5, 5.41) is 3.56. The van der Waals surface area contributed by atoms with E-state index < -0.39 is 0 Å². The van der Waals surface area contributed by atoms with Gasteiger partial charge >= 0.3 is 0 Å². The number of hydrogen-bond donors (Lipinski definition) is 1. The van der Waals surface area contributed by atoms with Crippen molar-refractivity contribution in [3.63, 3.8) is 0 Å². The van der Waals surface area contributed by atoms with Gasteiger partial charge in [-0.15, -0.1) is 0 Å². The Hall–Kier alpha value is -2.20. The summed E-state index contributed by atoms with van der Waals surface area (Å²) in [7, 11) is 0. The minimum absolute atomic E-state index is 0.0982. The van der Waals surface area contributed by atoms with E-state index in [1.54, 1.807) is 0 Å². The number of amides is 1. The van der Waals surface area contributed by atoms with E-state index in [9.17, 15) is 4.79 Å². The van der Waals surface area contributed by atoms with E-state index in [2.05, 4.69) is 43.2 Å². The van der Waals surface area contributed by atoms with Crippen LogP contribution in [-0.2, 0) is 5.41 Å². The van der Waals surface area contributed by atoms with Crippen molar-refractivity contribution in [1.29, 1.82) is 0 Å². The number of carbonyl (C=O) groups is 1. The van der Waals surface area contributed by atoms with Crippen molar-refractivity contribution in [2.45, 2.75) is 40.0 Å². The lowest BCUT2D eigenvalue weighted by atomic mass is 9.87. The Kier molecular flexibility index (Phi) is 4.18. The maximum Gasteiger partial charge on any atom is 0.257 e. The van der Waals surface area contributed by atoms with Crippen LogP contribution in [0.15, 0.2) is 36.4 Å². The lowest BCUT2D eigenvalue weighted by Crippen LogP contribution is -2.11. The van der Waals surface area contributed by atoms with E-state index in [4.69, 9.17) is 0 Å². The number of nitrogens with one attached hydrogen (secondary N) is 1. The number of rotatable bonds is 2. The maximum atomic E-state index is 12.4. The van der Waals surface area contributed by atoms with Gasteiger partial charge in [-0.3, -0.25) is 10.1 Å². The number of aryl methyl sites for hydroxylation is 2. The first kappa shape index (κ1) is 16.7. The molecule has 0 bridgehead atoms. The molecule has 4 heteroatoms. The average Bonchev–Trinajstić information content (AvgIpc) is 2.90. The van der Waals surface area contributed by atoms with Gasteiger partial charge in [-0.2, -0.15) is 0 Å². The van der Waals surface area contributed by atoms with Gasteiger partial charge in [-0.25, -0.2) is 4.98 Å². The van der Waals surface area contributed by atoms with Gasteiger partial charge in [0.05, 0.1) is 10.2 Å². The van der Waals surface area contributed by atoms with Gasteiger partial charge in [0, 0.05) is 5.56 Å². The SMILES string of the molecule is Cc1ccc(C(=O)Nc2nc3ccc(C(C)(C)C)cc3s2)cc1C. The molecule has 0 saturated heterocycles. The molecule has 2 aromatic carbocycles. The molecule has 3 nitrogen and oxygen atoms in total. The van der Waals surface area contributed by atoms with Gasteiger partial charge in [-0.05, 0) is 60.2 Å². The molecule has 0 saturated carbocycles. The molecule has 1 aromatic heterocycles. The van der Waals surface area contributed by atoms with Crippen LogP contribution >= 0.6 is 11.3 Å². The molecule has 1 heterocycles. The van der Waals surface area contributed by atoms with Crippen molar-refractivity contribution in [2.75, 3.05) is 5.32 Å². The van der Waals surface area contributed by atoms with Gasteiger partial charge in [-0.1, -0.05) is 44.2 Å². The van der Waals surface area contributed by atoms with Crippen LogP contribution < -0.4 is 5.32 Å². The van der Waals surface area contributed by atoms with Crippen molar-refractivity contribution < 1.29 is 4.79 Å². The Morgan fingerprint density at radius 2 is 1.79 bits per heavy atom. The van der Waals surface area contributed by atoms with Crippen LogP contribution in [0.5, 0.6) is 0 Å². The van der Waals surface area contributed by atoms with Crippen LogP contribution in [0.4, 0.5) is 5.13 Å². The molecule has 1 N–H and O–H groups in total. The van der Waals surface area contributed by atoms with Crippen LogP contribution in [0.25, 0.3) is 10.2 Å². The number of benzene rings is 2. The van der Waals surface area contributed by atoms with Gasteiger partial charge in [0.15, 0.2) is 5.13 Å². The number of nitrogens with zero attached hydrogens (tertiary/aromatic N) is 1. The third-order valence-electron chi connectivity index (χ3n) is 4.24. The van der Waals surface area contributed by atoms with Crippen molar-refractivity contribution >= 4 is 32.6 Å². The summed E-state index contributed by atoms with van der Waals surface area (Å²) in [5.41, 5.74) is 5.24. The Balaban J connectivity index is 1.87. The third kappa shape index (κ3) is 3.34. The molecule has 3 rings (SSSR count). The standard InChI is InChI=1S/C20H22N2OS/c1-12-6-7-14(10-13(12)2)18(23)22-19-21-16-9-8-15(20(3,4)5)11-17(16)24-19/h6-11H,1-5H3,(H,21,22,23). The second-order valence-electron chi connectivity index (χ2n) is 7.20. The van der Waals surface area contributed by atoms with Gasteiger partial charge < -0.3 is 0 Å². The number of aromatic nitrogens is 1. The van der Waals surface area contributed by atoms with E-state index in [-0.39, 0.29) is 11.3 Å². The second kappa shape index (κ2) is 6.02. The predicted octanol–water partition coefficient (Wildman–Crippen LogP) is 5.46. The first-order valence-corrected chi connectivity index (χ1v) is 8.85. The van der Waals surface area contributed by atoms with Crippen molar-refractivity contribution in [1.82, 2.24) is 4.98 Å². The molecule has 0 aliphatic rings. The molecule has 124 valence electrons. The van der Waals surface area contributed by atoms with E-state index in [1.165, 1.54) is 22.5 Å². The molecule has 24 heavy (non-hydrogen) atoms. The largest absolute Gasteiger partial charge is 0.298 e. The summed E-state index contributed by atoms with van der Waals surface area (Å²) in [4.78, 5) is 17.0. The monoisotopic (exact) mass is 338 g/mol. The van der Waals surface area contributed by atoms with E-state index in [0.717, 1.165) is 15.8 Å². The molecule has 0 spiro atoms. The minimum atomic E-state index is -0.117. The Morgan fingerprint density at radius 3 is 2.46 bits per heavy atom. The zero-order valence-electron chi connectivity index (χ0n) is 14.7. The molecule has 0 unspecified atom stereocenters. The van der Waals surface area contributed by atoms with E-state index in [1.807, 2.05) is 38.1 Å². The fraction of sp³-hybridized carbons (Fsp3) is 0.300. The molecule has 0 aliphatic carbocycles. The highest BCUT2D eigenvalue weighted by atomic mass is 32.1. The van der Waals surface area contributed by atoms with Crippen molar-refractivity contribution in [2.24, 2.45) is 0 Å². The van der Waals surface area contributed by atoms with Crippen LogP contribution in [0.3, 0.4) is 0 Å². The highest BCUT2D eigenvalue weighted by Gasteiger charge is 2.16. The highest BCUT2D eigenvalue weighted by Crippen LogP contribution is 2.31. The van der Waals surface area contributed by atoms with Crippen LogP contribution in [-0.4, -0.2) is 10.9 Å². The zero-order valence-corrected chi connectivity index (χ0v) is 15.5. The fourth-order valence-electron chi connectivity index (χ4n) is 2.50. The number of thiazole rings is 1. The normalized spacial score (nSPS) is 11.7. The maximum absolute atomic E-state index is 12.4. The lowest BCUT2D eigenvalue weighted by molar-refractivity contribution is 0.102. The lowest BCUT2D eigenvalue weighted by Gasteiger charge is -2.18. The average molecular weight is 338 g/mol. The first-order valence-electron chi connectivity index (χ1n) is 8.04. The minimum Gasteiger partial charge on any atom is -0.298 e. The smallest absolute Gasteiger partial charge is 0.257 e. The third-order valence-corrected chi connectivity index (χ3v) is 5.18. The molecule has 0 radical (unpaired) electrons. The Labute approximate surface area is 146 Å². The van der Waals surface area contributed by atoms with Crippen LogP contribution in [0.2, 0.25) is 0 Å². The Morgan fingerprint density at radius 1 is 1.04 bits per heavy atom. The van der Waals surface area contributed by atoms with Crippen molar-refractivity contribution in [3.8, 4) is 0 Å². The molecule has 3 aromatic rings. The molecule has 0 aliphatic heterocycles.